The molecule has 1 aliphatic rings. The summed E-state index contributed by atoms with van der Waals surface area (Å²) >= 11 is 0. The number of hydrogen-bond acceptors (Lipinski definition) is 5. The molecule has 0 unspecified atom stereocenters. The summed E-state index contributed by atoms with van der Waals surface area (Å²) in [6.45, 7) is 2.13. The second-order valence-electron chi connectivity index (χ2n) is 6.16. The maximum atomic E-state index is 12.6. The molecule has 3 rings (SSSR count). The molecule has 0 aliphatic carbocycles. The number of likely N-dealkylation sites (N-methyl/N-ethyl adjacent to an activating group) is 1. The molecule has 2 N–H and O–H groups in total. The van der Waals surface area contributed by atoms with Crippen LogP contribution in [0.4, 0.5) is 0 Å². The summed E-state index contributed by atoms with van der Waals surface area (Å²) < 4.78 is 5.51. The van der Waals surface area contributed by atoms with Crippen molar-refractivity contribution in [3.05, 3.63) is 59.5 Å². The van der Waals surface area contributed by atoms with Crippen molar-refractivity contribution in [2.45, 2.75) is 19.4 Å². The Morgan fingerprint density at radius 1 is 1.23 bits per heavy atom. The third-order valence-corrected chi connectivity index (χ3v) is 4.26. The monoisotopic (exact) mass is 354 g/mol. The molecule has 0 spiro atoms. The van der Waals surface area contributed by atoms with Gasteiger partial charge in [-0.15, -0.1) is 0 Å². The van der Waals surface area contributed by atoms with Crippen LogP contribution in [0.3, 0.4) is 0 Å². The maximum absolute atomic E-state index is 12.6. The molecule has 0 saturated heterocycles. The molecule has 0 saturated carbocycles. The first-order valence-corrected chi connectivity index (χ1v) is 8.49. The van der Waals surface area contributed by atoms with E-state index in [4.69, 9.17) is 4.42 Å². The topological polar surface area (TPSA) is 86.9 Å². The number of carbonyl (C=O) groups is 2. The Morgan fingerprint density at radius 2 is 2.00 bits per heavy atom. The van der Waals surface area contributed by atoms with Gasteiger partial charge in [-0.25, -0.2) is 5.01 Å². The third kappa shape index (κ3) is 4.00. The highest BCUT2D eigenvalue weighted by atomic mass is 16.3. The third-order valence-electron chi connectivity index (χ3n) is 4.26. The van der Waals surface area contributed by atoms with Crippen LogP contribution < -0.4 is 10.6 Å². The van der Waals surface area contributed by atoms with Gasteiger partial charge in [-0.2, -0.15) is 5.10 Å². The first-order valence-electron chi connectivity index (χ1n) is 8.49. The lowest BCUT2D eigenvalue weighted by Gasteiger charge is -2.20. The van der Waals surface area contributed by atoms with Crippen LogP contribution in [-0.2, 0) is 9.59 Å². The van der Waals surface area contributed by atoms with Gasteiger partial charge < -0.3 is 9.73 Å². The second kappa shape index (κ2) is 7.97. The molecule has 2 aromatic rings. The van der Waals surface area contributed by atoms with Gasteiger partial charge in [0.05, 0.1) is 25.1 Å². The quantitative estimate of drug-likeness (QED) is 0.825. The molecule has 1 aliphatic heterocycles. The number of hydrogen-bond donors (Lipinski definition) is 2. The first kappa shape index (κ1) is 17.9. The van der Waals surface area contributed by atoms with E-state index in [-0.39, 0.29) is 30.9 Å². The van der Waals surface area contributed by atoms with E-state index in [0.717, 1.165) is 11.3 Å². The minimum atomic E-state index is -0.282. The minimum Gasteiger partial charge on any atom is -0.467 e. The standard InChI is InChI=1S/C19H22N4O3/c1-13-5-7-14(8-6-13)15-10-16(17-4-3-9-26-17)23(22-15)19(25)12-21-11-18(24)20-2/h3-9,16,21H,10-12H2,1-2H3,(H,20,24)/t16-/m0/s1. The summed E-state index contributed by atoms with van der Waals surface area (Å²) in [5.41, 5.74) is 2.99. The molecule has 0 bridgehead atoms. The molecule has 136 valence electrons. The summed E-state index contributed by atoms with van der Waals surface area (Å²) in [4.78, 5) is 23.9. The fourth-order valence-electron chi connectivity index (χ4n) is 2.82. The first-order chi connectivity index (χ1) is 12.6. The fourth-order valence-corrected chi connectivity index (χ4v) is 2.82. The molecule has 26 heavy (non-hydrogen) atoms. The summed E-state index contributed by atoms with van der Waals surface area (Å²) in [7, 11) is 1.55. The summed E-state index contributed by atoms with van der Waals surface area (Å²) in [6.07, 6.45) is 2.17. The lowest BCUT2D eigenvalue weighted by Crippen LogP contribution is -2.39. The number of benzene rings is 1. The predicted molar refractivity (Wildman–Crippen MR) is 97.6 cm³/mol. The average molecular weight is 354 g/mol. The van der Waals surface area contributed by atoms with Crippen molar-refractivity contribution in [3.8, 4) is 0 Å². The van der Waals surface area contributed by atoms with Crippen LogP contribution in [0.25, 0.3) is 0 Å². The Bertz CT molecular complexity index is 797. The molecular formula is C19H22N4O3. The Morgan fingerprint density at radius 3 is 2.65 bits per heavy atom. The molecule has 1 aromatic heterocycles. The van der Waals surface area contributed by atoms with Crippen molar-refractivity contribution in [2.24, 2.45) is 5.10 Å². The van der Waals surface area contributed by atoms with Gasteiger partial charge in [0.25, 0.3) is 5.91 Å². The highest BCUT2D eigenvalue weighted by Gasteiger charge is 2.34. The van der Waals surface area contributed by atoms with E-state index in [1.165, 1.54) is 10.6 Å². The zero-order valence-electron chi connectivity index (χ0n) is 14.9. The van der Waals surface area contributed by atoms with Gasteiger partial charge in [0.2, 0.25) is 5.91 Å². The molecule has 0 radical (unpaired) electrons. The normalized spacial score (nSPS) is 16.5. The Hall–Kier alpha value is -2.93. The average Bonchev–Trinajstić information content (AvgIpc) is 3.31. The number of nitrogens with one attached hydrogen (secondary N) is 2. The van der Waals surface area contributed by atoms with Crippen LogP contribution in [0, 0.1) is 6.92 Å². The van der Waals surface area contributed by atoms with Gasteiger partial charge >= 0.3 is 0 Å². The maximum Gasteiger partial charge on any atom is 0.257 e. The van der Waals surface area contributed by atoms with Crippen molar-refractivity contribution in [2.75, 3.05) is 20.1 Å². The molecule has 7 nitrogen and oxygen atoms in total. The largest absolute Gasteiger partial charge is 0.467 e. The van der Waals surface area contributed by atoms with Crippen LogP contribution in [0.1, 0.15) is 29.3 Å². The molecule has 1 aromatic carbocycles. The van der Waals surface area contributed by atoms with Gasteiger partial charge in [0.15, 0.2) is 0 Å². The van der Waals surface area contributed by atoms with Crippen LogP contribution in [0.5, 0.6) is 0 Å². The second-order valence-corrected chi connectivity index (χ2v) is 6.16. The van der Waals surface area contributed by atoms with Crippen LogP contribution >= 0.6 is 0 Å². The summed E-state index contributed by atoms with van der Waals surface area (Å²) in [5.74, 6) is 0.304. The number of hydrazone groups is 1. The van der Waals surface area contributed by atoms with Gasteiger partial charge in [0.1, 0.15) is 11.8 Å². The summed E-state index contributed by atoms with van der Waals surface area (Å²) in [5, 5.41) is 11.3. The van der Waals surface area contributed by atoms with Gasteiger partial charge in [0, 0.05) is 13.5 Å². The predicted octanol–water partition coefficient (Wildman–Crippen LogP) is 1.60. The number of aryl methyl sites for hydroxylation is 1. The van der Waals surface area contributed by atoms with E-state index in [2.05, 4.69) is 15.7 Å². The highest BCUT2D eigenvalue weighted by Crippen LogP contribution is 2.32. The number of rotatable bonds is 6. The van der Waals surface area contributed by atoms with Gasteiger partial charge in [-0.05, 0) is 24.6 Å². The van der Waals surface area contributed by atoms with Crippen LogP contribution in [0.2, 0.25) is 0 Å². The van der Waals surface area contributed by atoms with E-state index in [9.17, 15) is 9.59 Å². The number of furan rings is 1. The van der Waals surface area contributed by atoms with E-state index in [1.54, 1.807) is 19.4 Å². The number of amides is 2. The van der Waals surface area contributed by atoms with Crippen molar-refractivity contribution >= 4 is 17.5 Å². The summed E-state index contributed by atoms with van der Waals surface area (Å²) in [6, 6.07) is 11.4. The van der Waals surface area contributed by atoms with Gasteiger partial charge in [-0.1, -0.05) is 29.8 Å². The van der Waals surface area contributed by atoms with Crippen molar-refractivity contribution in [1.29, 1.82) is 0 Å². The molecule has 2 heterocycles. The number of nitrogens with zero attached hydrogens (tertiary/aromatic N) is 2. The van der Waals surface area contributed by atoms with Crippen molar-refractivity contribution in [3.63, 3.8) is 0 Å². The van der Waals surface area contributed by atoms with Crippen molar-refractivity contribution in [1.82, 2.24) is 15.6 Å². The van der Waals surface area contributed by atoms with E-state index >= 15 is 0 Å². The zero-order valence-corrected chi connectivity index (χ0v) is 14.9. The molecule has 7 heteroatoms. The fraction of sp³-hybridized carbons (Fsp3) is 0.316. The molecule has 2 amide bonds. The Kier molecular flexibility index (Phi) is 5.48. The zero-order chi connectivity index (χ0) is 18.5. The number of carbonyl (C=O) groups excluding carboxylic acids is 2. The van der Waals surface area contributed by atoms with Gasteiger partial charge in [-0.3, -0.25) is 14.9 Å². The van der Waals surface area contributed by atoms with Crippen LogP contribution in [0.15, 0.2) is 52.2 Å². The van der Waals surface area contributed by atoms with E-state index in [1.807, 2.05) is 37.3 Å². The van der Waals surface area contributed by atoms with E-state index in [0.29, 0.717) is 12.2 Å². The molecular weight excluding hydrogens is 332 g/mol. The Labute approximate surface area is 152 Å². The van der Waals surface area contributed by atoms with Crippen molar-refractivity contribution < 1.29 is 14.0 Å². The van der Waals surface area contributed by atoms with Crippen LogP contribution in [-0.4, -0.2) is 42.7 Å². The highest BCUT2D eigenvalue weighted by molar-refractivity contribution is 6.03. The lowest BCUT2D eigenvalue weighted by molar-refractivity contribution is -0.132. The molecule has 1 atom stereocenters. The SMILES string of the molecule is CNC(=O)CNCC(=O)N1N=C(c2ccc(C)cc2)C[C@H]1c1ccco1. The molecule has 0 fully saturated rings. The van der Waals surface area contributed by atoms with E-state index < -0.39 is 0 Å². The minimum absolute atomic E-state index is 0.0231. The Balaban J connectivity index is 1.77. The smallest absolute Gasteiger partial charge is 0.257 e. The lowest BCUT2D eigenvalue weighted by atomic mass is 10.0.